The summed E-state index contributed by atoms with van der Waals surface area (Å²) in [7, 11) is 1.81. The lowest BCUT2D eigenvalue weighted by molar-refractivity contribution is -0.130. The number of amides is 1. The van der Waals surface area contributed by atoms with Gasteiger partial charge in [-0.15, -0.1) is 0 Å². The number of hydrogen-bond donors (Lipinski definition) is 0. The number of carbonyl (C=O) groups is 1. The topological polar surface area (TPSA) is 44.1 Å². The van der Waals surface area contributed by atoms with E-state index in [9.17, 15) is 4.79 Å². The molecule has 3 nitrogen and oxygen atoms in total. The van der Waals surface area contributed by atoms with E-state index < -0.39 is 0 Å². The normalized spacial score (nSPS) is 10.2. The highest BCUT2D eigenvalue weighted by atomic mass is 16.2. The van der Waals surface area contributed by atoms with Crippen LogP contribution in [0, 0.1) is 17.2 Å². The molecular formula is C15H20N2O. The molecule has 96 valence electrons. The van der Waals surface area contributed by atoms with Crippen molar-refractivity contribution in [1.82, 2.24) is 4.90 Å². The van der Waals surface area contributed by atoms with Crippen molar-refractivity contribution < 1.29 is 4.79 Å². The molecule has 0 aliphatic heterocycles. The number of nitrogens with zero attached hydrogens (tertiary/aromatic N) is 2. The van der Waals surface area contributed by atoms with Crippen molar-refractivity contribution in [3.63, 3.8) is 0 Å². The van der Waals surface area contributed by atoms with Crippen LogP contribution < -0.4 is 0 Å². The summed E-state index contributed by atoms with van der Waals surface area (Å²) < 4.78 is 0. The second kappa shape index (κ2) is 6.80. The third kappa shape index (κ3) is 4.58. The molecule has 1 aromatic rings. The van der Waals surface area contributed by atoms with Crippen LogP contribution in [0.25, 0.3) is 0 Å². The first-order valence-corrected chi connectivity index (χ1v) is 6.26. The number of rotatable bonds is 5. The van der Waals surface area contributed by atoms with Crippen LogP contribution >= 0.6 is 0 Å². The summed E-state index contributed by atoms with van der Waals surface area (Å²) in [6, 6.07) is 9.49. The smallest absolute Gasteiger partial charge is 0.222 e. The molecular weight excluding hydrogens is 224 g/mol. The molecule has 1 aromatic carbocycles. The average molecular weight is 244 g/mol. The average Bonchev–Trinajstić information content (AvgIpc) is 2.36. The van der Waals surface area contributed by atoms with E-state index in [4.69, 9.17) is 5.26 Å². The molecule has 0 fully saturated rings. The van der Waals surface area contributed by atoms with Gasteiger partial charge in [0.05, 0.1) is 11.6 Å². The summed E-state index contributed by atoms with van der Waals surface area (Å²) >= 11 is 0. The molecule has 0 saturated carbocycles. The Hall–Kier alpha value is -1.82. The second-order valence-corrected chi connectivity index (χ2v) is 4.99. The molecule has 0 spiro atoms. The van der Waals surface area contributed by atoms with Gasteiger partial charge >= 0.3 is 0 Å². The largest absolute Gasteiger partial charge is 0.341 e. The minimum Gasteiger partial charge on any atom is -0.341 e. The summed E-state index contributed by atoms with van der Waals surface area (Å²) in [4.78, 5) is 13.6. The molecule has 0 aliphatic carbocycles. The van der Waals surface area contributed by atoms with Gasteiger partial charge in [-0.3, -0.25) is 4.79 Å². The van der Waals surface area contributed by atoms with Crippen molar-refractivity contribution in [3.8, 4) is 6.07 Å². The molecule has 0 saturated heterocycles. The van der Waals surface area contributed by atoms with E-state index in [1.54, 1.807) is 11.0 Å². The fourth-order valence-electron chi connectivity index (χ4n) is 1.70. The lowest BCUT2D eigenvalue weighted by Crippen LogP contribution is -2.26. The SMILES string of the molecule is CC(C)CCC(=O)N(C)Cc1cccc(C#N)c1. The van der Waals surface area contributed by atoms with Gasteiger partial charge in [-0.05, 0) is 30.0 Å². The van der Waals surface area contributed by atoms with E-state index in [1.807, 2.05) is 25.2 Å². The number of benzene rings is 1. The van der Waals surface area contributed by atoms with Gasteiger partial charge in [0.2, 0.25) is 5.91 Å². The predicted octanol–water partition coefficient (Wildman–Crippen LogP) is 2.95. The summed E-state index contributed by atoms with van der Waals surface area (Å²) in [5.74, 6) is 0.704. The van der Waals surface area contributed by atoms with E-state index >= 15 is 0 Å². The van der Waals surface area contributed by atoms with Crippen LogP contribution in [0.15, 0.2) is 24.3 Å². The second-order valence-electron chi connectivity index (χ2n) is 4.99. The standard InChI is InChI=1S/C15H20N2O/c1-12(2)7-8-15(18)17(3)11-14-6-4-5-13(9-14)10-16/h4-6,9,12H,7-8,11H2,1-3H3. The Bertz CT molecular complexity index is 446. The third-order valence-corrected chi connectivity index (χ3v) is 2.84. The molecule has 3 heteroatoms. The van der Waals surface area contributed by atoms with Crippen LogP contribution in [0.3, 0.4) is 0 Å². The van der Waals surface area contributed by atoms with Crippen LogP contribution in [0.4, 0.5) is 0 Å². The zero-order chi connectivity index (χ0) is 13.5. The molecule has 0 aromatic heterocycles. The van der Waals surface area contributed by atoms with Gasteiger partial charge < -0.3 is 4.90 Å². The van der Waals surface area contributed by atoms with Crippen molar-refractivity contribution in [3.05, 3.63) is 35.4 Å². The monoisotopic (exact) mass is 244 g/mol. The number of hydrogen-bond acceptors (Lipinski definition) is 2. The molecule has 0 bridgehead atoms. The number of nitriles is 1. The maximum Gasteiger partial charge on any atom is 0.222 e. The van der Waals surface area contributed by atoms with E-state index in [0.717, 1.165) is 12.0 Å². The van der Waals surface area contributed by atoms with Gasteiger partial charge in [-0.1, -0.05) is 26.0 Å². The molecule has 18 heavy (non-hydrogen) atoms. The maximum atomic E-state index is 11.9. The third-order valence-electron chi connectivity index (χ3n) is 2.84. The molecule has 0 aliphatic rings. The van der Waals surface area contributed by atoms with Gasteiger partial charge in [0.1, 0.15) is 0 Å². The summed E-state index contributed by atoms with van der Waals surface area (Å²) in [6.45, 7) is 4.79. The van der Waals surface area contributed by atoms with Crippen molar-refractivity contribution >= 4 is 5.91 Å². The highest BCUT2D eigenvalue weighted by Gasteiger charge is 2.10. The van der Waals surface area contributed by atoms with Gasteiger partial charge in [-0.2, -0.15) is 5.26 Å². The first kappa shape index (κ1) is 14.2. The summed E-state index contributed by atoms with van der Waals surface area (Å²) in [5, 5.41) is 8.82. The van der Waals surface area contributed by atoms with E-state index in [1.165, 1.54) is 0 Å². The number of carbonyl (C=O) groups excluding carboxylic acids is 1. The molecule has 0 atom stereocenters. The molecule has 0 radical (unpaired) electrons. The maximum absolute atomic E-state index is 11.9. The highest BCUT2D eigenvalue weighted by Crippen LogP contribution is 2.10. The highest BCUT2D eigenvalue weighted by molar-refractivity contribution is 5.75. The van der Waals surface area contributed by atoms with E-state index in [2.05, 4.69) is 19.9 Å². The van der Waals surface area contributed by atoms with Crippen molar-refractivity contribution in [1.29, 1.82) is 5.26 Å². The Morgan fingerprint density at radius 3 is 2.78 bits per heavy atom. The van der Waals surface area contributed by atoms with Crippen LogP contribution in [0.1, 0.15) is 37.8 Å². The van der Waals surface area contributed by atoms with Crippen LogP contribution in [0.2, 0.25) is 0 Å². The van der Waals surface area contributed by atoms with Crippen molar-refractivity contribution in [2.75, 3.05) is 7.05 Å². The zero-order valence-corrected chi connectivity index (χ0v) is 11.3. The van der Waals surface area contributed by atoms with Crippen LogP contribution in [0.5, 0.6) is 0 Å². The lowest BCUT2D eigenvalue weighted by atomic mass is 10.1. The van der Waals surface area contributed by atoms with Crippen molar-refractivity contribution in [2.24, 2.45) is 5.92 Å². The van der Waals surface area contributed by atoms with Gasteiger partial charge in [-0.25, -0.2) is 0 Å². The van der Waals surface area contributed by atoms with E-state index in [-0.39, 0.29) is 5.91 Å². The molecule has 0 N–H and O–H groups in total. The fraction of sp³-hybridized carbons (Fsp3) is 0.467. The fourth-order valence-corrected chi connectivity index (χ4v) is 1.70. The molecule has 1 rings (SSSR count). The zero-order valence-electron chi connectivity index (χ0n) is 11.3. The Morgan fingerprint density at radius 1 is 1.44 bits per heavy atom. The van der Waals surface area contributed by atoms with E-state index in [0.29, 0.717) is 24.4 Å². The minimum absolute atomic E-state index is 0.158. The van der Waals surface area contributed by atoms with Gasteiger partial charge in [0.15, 0.2) is 0 Å². The Kier molecular flexibility index (Phi) is 5.38. The molecule has 0 heterocycles. The Labute approximate surface area is 109 Å². The van der Waals surface area contributed by atoms with Gasteiger partial charge in [0, 0.05) is 20.0 Å². The Balaban J connectivity index is 2.55. The van der Waals surface area contributed by atoms with Crippen LogP contribution in [-0.4, -0.2) is 17.9 Å². The summed E-state index contributed by atoms with van der Waals surface area (Å²) in [5.41, 5.74) is 1.63. The van der Waals surface area contributed by atoms with Gasteiger partial charge in [0.25, 0.3) is 0 Å². The first-order valence-electron chi connectivity index (χ1n) is 6.26. The first-order chi connectivity index (χ1) is 8.52. The minimum atomic E-state index is 0.158. The quantitative estimate of drug-likeness (QED) is 0.799. The Morgan fingerprint density at radius 2 is 2.17 bits per heavy atom. The summed E-state index contributed by atoms with van der Waals surface area (Å²) in [6.07, 6.45) is 1.51. The lowest BCUT2D eigenvalue weighted by Gasteiger charge is -2.18. The van der Waals surface area contributed by atoms with Crippen LogP contribution in [-0.2, 0) is 11.3 Å². The molecule has 1 amide bonds. The predicted molar refractivity (Wildman–Crippen MR) is 71.7 cm³/mol. The van der Waals surface area contributed by atoms with Crippen molar-refractivity contribution in [2.45, 2.75) is 33.2 Å². The molecule has 0 unspecified atom stereocenters.